The van der Waals surface area contributed by atoms with Crippen molar-refractivity contribution in [3.05, 3.63) is 0 Å². The molecule has 1 rings (SSSR count). The average molecular weight is 212 g/mol. The third-order valence-electron chi connectivity index (χ3n) is 3.49. The molecule has 1 fully saturated rings. The van der Waals surface area contributed by atoms with Crippen LogP contribution >= 0.6 is 0 Å². The van der Waals surface area contributed by atoms with Gasteiger partial charge in [0.2, 0.25) is 5.91 Å². The first-order valence-corrected chi connectivity index (χ1v) is 6.23. The van der Waals surface area contributed by atoms with Gasteiger partial charge in [-0.05, 0) is 31.6 Å². The van der Waals surface area contributed by atoms with Gasteiger partial charge in [0.05, 0.1) is 6.04 Å². The van der Waals surface area contributed by atoms with Gasteiger partial charge >= 0.3 is 0 Å². The third kappa shape index (κ3) is 3.49. The maximum absolute atomic E-state index is 11.9. The van der Waals surface area contributed by atoms with Crippen molar-refractivity contribution in [1.29, 1.82) is 0 Å². The zero-order valence-corrected chi connectivity index (χ0v) is 10.0. The minimum atomic E-state index is -0.289. The van der Waals surface area contributed by atoms with Gasteiger partial charge in [0.1, 0.15) is 0 Å². The van der Waals surface area contributed by atoms with E-state index in [4.69, 9.17) is 5.73 Å². The molecule has 0 saturated carbocycles. The van der Waals surface area contributed by atoms with E-state index in [1.807, 2.05) is 11.8 Å². The van der Waals surface area contributed by atoms with Crippen molar-refractivity contribution >= 4 is 5.91 Å². The summed E-state index contributed by atoms with van der Waals surface area (Å²) in [5.74, 6) is 0.954. The standard InChI is InChI=1S/C12H24N2O/c1-3-10-6-5-8-14(9-7-10)12(15)11(13)4-2/h10-11H,3-9,13H2,1-2H3. The van der Waals surface area contributed by atoms with Crippen LogP contribution in [0.3, 0.4) is 0 Å². The molecule has 0 spiro atoms. The first-order chi connectivity index (χ1) is 7.19. The zero-order chi connectivity index (χ0) is 11.3. The molecule has 0 aromatic heterocycles. The van der Waals surface area contributed by atoms with Crippen molar-refractivity contribution in [2.45, 2.75) is 52.0 Å². The molecular weight excluding hydrogens is 188 g/mol. The lowest BCUT2D eigenvalue weighted by atomic mass is 9.98. The summed E-state index contributed by atoms with van der Waals surface area (Å²) in [5, 5.41) is 0. The number of carbonyl (C=O) groups excluding carboxylic acids is 1. The van der Waals surface area contributed by atoms with Crippen LogP contribution in [0.4, 0.5) is 0 Å². The molecule has 1 aliphatic rings. The Morgan fingerprint density at radius 3 is 2.73 bits per heavy atom. The summed E-state index contributed by atoms with van der Waals surface area (Å²) in [6.45, 7) is 6.02. The molecule has 88 valence electrons. The third-order valence-corrected chi connectivity index (χ3v) is 3.49. The summed E-state index contributed by atoms with van der Waals surface area (Å²) < 4.78 is 0. The Bertz CT molecular complexity index is 206. The predicted molar refractivity (Wildman–Crippen MR) is 62.5 cm³/mol. The summed E-state index contributed by atoms with van der Waals surface area (Å²) in [5.41, 5.74) is 5.77. The van der Waals surface area contributed by atoms with Gasteiger partial charge in [0.25, 0.3) is 0 Å². The molecule has 1 amide bonds. The van der Waals surface area contributed by atoms with E-state index in [9.17, 15) is 4.79 Å². The van der Waals surface area contributed by atoms with E-state index < -0.39 is 0 Å². The minimum absolute atomic E-state index is 0.147. The van der Waals surface area contributed by atoms with Crippen molar-refractivity contribution in [2.75, 3.05) is 13.1 Å². The van der Waals surface area contributed by atoms with Crippen LogP contribution in [0.2, 0.25) is 0 Å². The summed E-state index contributed by atoms with van der Waals surface area (Å²) in [6.07, 6.45) is 5.54. The number of nitrogens with zero attached hydrogens (tertiary/aromatic N) is 1. The van der Waals surface area contributed by atoms with E-state index in [1.165, 1.54) is 12.8 Å². The summed E-state index contributed by atoms with van der Waals surface area (Å²) >= 11 is 0. The van der Waals surface area contributed by atoms with Crippen molar-refractivity contribution in [2.24, 2.45) is 11.7 Å². The van der Waals surface area contributed by atoms with E-state index in [0.717, 1.165) is 38.3 Å². The highest BCUT2D eigenvalue weighted by Gasteiger charge is 2.22. The lowest BCUT2D eigenvalue weighted by Gasteiger charge is -2.23. The number of rotatable bonds is 3. The molecule has 0 bridgehead atoms. The second-order valence-electron chi connectivity index (χ2n) is 4.55. The molecule has 3 heteroatoms. The topological polar surface area (TPSA) is 46.3 Å². The lowest BCUT2D eigenvalue weighted by molar-refractivity contribution is -0.132. The van der Waals surface area contributed by atoms with Crippen molar-refractivity contribution in [3.63, 3.8) is 0 Å². The molecule has 1 heterocycles. The average Bonchev–Trinajstić information content (AvgIpc) is 2.51. The Kier molecular flexibility index (Phi) is 5.09. The Balaban J connectivity index is 2.46. The molecule has 0 radical (unpaired) electrons. The molecule has 2 unspecified atom stereocenters. The van der Waals surface area contributed by atoms with E-state index in [0.29, 0.717) is 0 Å². The highest BCUT2D eigenvalue weighted by molar-refractivity contribution is 5.81. The Morgan fingerprint density at radius 2 is 2.13 bits per heavy atom. The fourth-order valence-electron chi connectivity index (χ4n) is 2.20. The highest BCUT2D eigenvalue weighted by atomic mass is 16.2. The maximum atomic E-state index is 11.9. The maximum Gasteiger partial charge on any atom is 0.239 e. The van der Waals surface area contributed by atoms with E-state index in [1.54, 1.807) is 0 Å². The van der Waals surface area contributed by atoms with Gasteiger partial charge in [-0.15, -0.1) is 0 Å². The van der Waals surface area contributed by atoms with Crippen LogP contribution in [0, 0.1) is 5.92 Å². The van der Waals surface area contributed by atoms with Crippen LogP contribution in [0.1, 0.15) is 46.0 Å². The number of likely N-dealkylation sites (tertiary alicyclic amines) is 1. The van der Waals surface area contributed by atoms with Gasteiger partial charge in [-0.2, -0.15) is 0 Å². The normalized spacial score (nSPS) is 24.7. The van der Waals surface area contributed by atoms with Crippen molar-refractivity contribution in [1.82, 2.24) is 4.90 Å². The molecule has 0 aromatic carbocycles. The quantitative estimate of drug-likeness (QED) is 0.775. The van der Waals surface area contributed by atoms with E-state index >= 15 is 0 Å². The second-order valence-corrected chi connectivity index (χ2v) is 4.55. The monoisotopic (exact) mass is 212 g/mol. The first-order valence-electron chi connectivity index (χ1n) is 6.23. The SMILES string of the molecule is CCC1CCCN(C(=O)C(N)CC)CC1. The number of amides is 1. The van der Waals surface area contributed by atoms with Crippen LogP contribution in [0.15, 0.2) is 0 Å². The second kappa shape index (κ2) is 6.11. The fraction of sp³-hybridized carbons (Fsp3) is 0.917. The minimum Gasteiger partial charge on any atom is -0.341 e. The van der Waals surface area contributed by atoms with Crippen LogP contribution in [0.5, 0.6) is 0 Å². The molecule has 0 aromatic rings. The van der Waals surface area contributed by atoms with Gasteiger partial charge in [-0.25, -0.2) is 0 Å². The lowest BCUT2D eigenvalue weighted by Crippen LogP contribution is -2.43. The number of carbonyl (C=O) groups is 1. The molecule has 2 N–H and O–H groups in total. The molecule has 1 aliphatic heterocycles. The van der Waals surface area contributed by atoms with Gasteiger partial charge < -0.3 is 10.6 Å². The van der Waals surface area contributed by atoms with Gasteiger partial charge in [-0.1, -0.05) is 20.3 Å². The van der Waals surface area contributed by atoms with Crippen LogP contribution in [0.25, 0.3) is 0 Å². The molecule has 3 nitrogen and oxygen atoms in total. The Labute approximate surface area is 93.0 Å². The number of hydrogen-bond acceptors (Lipinski definition) is 2. The van der Waals surface area contributed by atoms with Crippen LogP contribution in [-0.2, 0) is 4.79 Å². The first kappa shape index (κ1) is 12.5. The van der Waals surface area contributed by atoms with Crippen LogP contribution in [-0.4, -0.2) is 29.9 Å². The Morgan fingerprint density at radius 1 is 1.40 bits per heavy atom. The van der Waals surface area contributed by atoms with E-state index in [-0.39, 0.29) is 11.9 Å². The summed E-state index contributed by atoms with van der Waals surface area (Å²) in [6, 6.07) is -0.289. The van der Waals surface area contributed by atoms with Gasteiger partial charge in [-0.3, -0.25) is 4.79 Å². The fourth-order valence-corrected chi connectivity index (χ4v) is 2.20. The molecule has 15 heavy (non-hydrogen) atoms. The smallest absolute Gasteiger partial charge is 0.239 e. The van der Waals surface area contributed by atoms with E-state index in [2.05, 4.69) is 6.92 Å². The van der Waals surface area contributed by atoms with Gasteiger partial charge in [0, 0.05) is 13.1 Å². The van der Waals surface area contributed by atoms with Crippen LogP contribution < -0.4 is 5.73 Å². The van der Waals surface area contributed by atoms with Crippen molar-refractivity contribution < 1.29 is 4.79 Å². The zero-order valence-electron chi connectivity index (χ0n) is 10.0. The number of hydrogen-bond donors (Lipinski definition) is 1. The molecule has 0 aliphatic carbocycles. The predicted octanol–water partition coefficient (Wildman–Crippen LogP) is 1.76. The largest absolute Gasteiger partial charge is 0.341 e. The summed E-state index contributed by atoms with van der Waals surface area (Å²) in [4.78, 5) is 13.8. The Hall–Kier alpha value is -0.570. The molecular formula is C12H24N2O. The summed E-state index contributed by atoms with van der Waals surface area (Å²) in [7, 11) is 0. The van der Waals surface area contributed by atoms with Crippen molar-refractivity contribution in [3.8, 4) is 0 Å². The molecule has 2 atom stereocenters. The van der Waals surface area contributed by atoms with Gasteiger partial charge in [0.15, 0.2) is 0 Å². The highest BCUT2D eigenvalue weighted by Crippen LogP contribution is 2.20. The number of nitrogens with two attached hydrogens (primary N) is 1. The molecule has 1 saturated heterocycles.